The molecule has 0 bridgehead atoms. The maximum atomic E-state index is 10.9. The number of carboxylic acids is 1. The number of aryl methyl sites for hydroxylation is 1. The summed E-state index contributed by atoms with van der Waals surface area (Å²) in [5, 5.41) is 8.96. The number of carboxylic acid groups (broad SMARTS) is 1. The summed E-state index contributed by atoms with van der Waals surface area (Å²) >= 11 is 0. The van der Waals surface area contributed by atoms with Crippen LogP contribution < -0.4 is 0 Å². The first-order chi connectivity index (χ1) is 6.02. The van der Waals surface area contributed by atoms with Crippen LogP contribution in [0.3, 0.4) is 0 Å². The van der Waals surface area contributed by atoms with E-state index in [4.69, 9.17) is 5.11 Å². The summed E-state index contributed by atoms with van der Waals surface area (Å²) in [5.74, 6) is -0.473. The zero-order valence-electron chi connectivity index (χ0n) is 8.03. The SMILES string of the molecule is Cc1ncc(C(C(=O)O)C(C)C)[nH]1. The van der Waals surface area contributed by atoms with E-state index in [1.54, 1.807) is 6.20 Å². The van der Waals surface area contributed by atoms with E-state index in [0.717, 1.165) is 5.82 Å². The summed E-state index contributed by atoms with van der Waals surface area (Å²) in [5.41, 5.74) is 0.681. The van der Waals surface area contributed by atoms with Crippen LogP contribution in [-0.2, 0) is 4.79 Å². The standard InChI is InChI=1S/C9H14N2O2/c1-5(2)8(9(12)13)7-4-10-6(3)11-7/h4-5,8H,1-3H3,(H,10,11)(H,12,13). The van der Waals surface area contributed by atoms with Gasteiger partial charge in [-0.15, -0.1) is 0 Å². The molecule has 1 heterocycles. The molecule has 0 aliphatic rings. The second-order valence-electron chi connectivity index (χ2n) is 3.48. The van der Waals surface area contributed by atoms with E-state index in [9.17, 15) is 4.79 Å². The average molecular weight is 182 g/mol. The topological polar surface area (TPSA) is 66.0 Å². The molecular weight excluding hydrogens is 168 g/mol. The first kappa shape index (κ1) is 9.77. The van der Waals surface area contributed by atoms with E-state index < -0.39 is 11.9 Å². The molecule has 1 atom stereocenters. The van der Waals surface area contributed by atoms with Crippen molar-refractivity contribution in [3.05, 3.63) is 17.7 Å². The predicted octanol–water partition coefficient (Wildman–Crippen LogP) is 1.54. The molecule has 1 rings (SSSR count). The van der Waals surface area contributed by atoms with Crippen molar-refractivity contribution >= 4 is 5.97 Å². The molecular formula is C9H14N2O2. The molecule has 0 aliphatic heterocycles. The minimum atomic E-state index is -0.807. The van der Waals surface area contributed by atoms with Crippen LogP contribution in [-0.4, -0.2) is 21.0 Å². The molecule has 72 valence electrons. The summed E-state index contributed by atoms with van der Waals surface area (Å²) < 4.78 is 0. The van der Waals surface area contributed by atoms with Gasteiger partial charge in [-0.05, 0) is 12.8 Å². The summed E-state index contributed by atoms with van der Waals surface area (Å²) in [7, 11) is 0. The highest BCUT2D eigenvalue weighted by molar-refractivity contribution is 5.75. The number of carbonyl (C=O) groups is 1. The van der Waals surface area contributed by atoms with Gasteiger partial charge >= 0.3 is 5.97 Å². The fourth-order valence-electron chi connectivity index (χ4n) is 1.38. The molecule has 13 heavy (non-hydrogen) atoms. The van der Waals surface area contributed by atoms with Crippen LogP contribution in [0.25, 0.3) is 0 Å². The van der Waals surface area contributed by atoms with Crippen molar-refractivity contribution in [1.82, 2.24) is 9.97 Å². The summed E-state index contributed by atoms with van der Waals surface area (Å²) in [4.78, 5) is 17.8. The number of hydrogen-bond donors (Lipinski definition) is 2. The van der Waals surface area contributed by atoms with Crippen LogP contribution >= 0.6 is 0 Å². The molecule has 0 fully saturated rings. The number of aliphatic carboxylic acids is 1. The first-order valence-electron chi connectivity index (χ1n) is 4.26. The molecule has 4 nitrogen and oxygen atoms in total. The molecule has 0 spiro atoms. The van der Waals surface area contributed by atoms with Crippen molar-refractivity contribution < 1.29 is 9.90 Å². The van der Waals surface area contributed by atoms with E-state index in [2.05, 4.69) is 9.97 Å². The van der Waals surface area contributed by atoms with E-state index >= 15 is 0 Å². The molecule has 0 saturated heterocycles. The Balaban J connectivity index is 2.95. The van der Waals surface area contributed by atoms with Crippen LogP contribution in [0.4, 0.5) is 0 Å². The highest BCUT2D eigenvalue weighted by Crippen LogP contribution is 2.22. The van der Waals surface area contributed by atoms with Gasteiger partial charge in [0.1, 0.15) is 11.7 Å². The lowest BCUT2D eigenvalue weighted by molar-refractivity contribution is -0.139. The minimum Gasteiger partial charge on any atom is -0.481 e. The number of nitrogens with one attached hydrogen (secondary N) is 1. The van der Waals surface area contributed by atoms with Crippen LogP contribution in [0.2, 0.25) is 0 Å². The maximum absolute atomic E-state index is 10.9. The number of H-pyrrole nitrogens is 1. The van der Waals surface area contributed by atoms with Crippen LogP contribution in [0.1, 0.15) is 31.3 Å². The van der Waals surface area contributed by atoms with Gasteiger partial charge in [-0.3, -0.25) is 4.79 Å². The number of aromatic amines is 1. The quantitative estimate of drug-likeness (QED) is 0.745. The molecule has 1 unspecified atom stereocenters. The van der Waals surface area contributed by atoms with Gasteiger partial charge in [0.2, 0.25) is 0 Å². The smallest absolute Gasteiger partial charge is 0.312 e. The Morgan fingerprint density at radius 2 is 2.23 bits per heavy atom. The third-order valence-corrected chi connectivity index (χ3v) is 1.99. The Bertz CT molecular complexity index is 304. The van der Waals surface area contributed by atoms with Crippen molar-refractivity contribution in [2.24, 2.45) is 5.92 Å². The summed E-state index contributed by atoms with van der Waals surface area (Å²) in [6, 6.07) is 0. The fourth-order valence-corrected chi connectivity index (χ4v) is 1.38. The molecule has 0 aromatic carbocycles. The molecule has 0 aliphatic carbocycles. The van der Waals surface area contributed by atoms with Gasteiger partial charge in [0.25, 0.3) is 0 Å². The van der Waals surface area contributed by atoms with Gasteiger partial charge in [-0.1, -0.05) is 13.8 Å². The second-order valence-corrected chi connectivity index (χ2v) is 3.48. The molecule has 0 amide bonds. The molecule has 2 N–H and O–H groups in total. The molecule has 0 radical (unpaired) electrons. The molecule has 0 saturated carbocycles. The Hall–Kier alpha value is -1.32. The van der Waals surface area contributed by atoms with E-state index in [0.29, 0.717) is 5.69 Å². The van der Waals surface area contributed by atoms with Gasteiger partial charge in [-0.2, -0.15) is 0 Å². The largest absolute Gasteiger partial charge is 0.481 e. The van der Waals surface area contributed by atoms with Gasteiger partial charge in [0.15, 0.2) is 0 Å². The van der Waals surface area contributed by atoms with E-state index in [1.165, 1.54) is 0 Å². The lowest BCUT2D eigenvalue weighted by Gasteiger charge is -2.13. The zero-order chi connectivity index (χ0) is 10.0. The summed E-state index contributed by atoms with van der Waals surface area (Å²) in [6.07, 6.45) is 1.59. The summed E-state index contributed by atoms with van der Waals surface area (Å²) in [6.45, 7) is 5.58. The number of imidazole rings is 1. The van der Waals surface area contributed by atoms with Crippen LogP contribution in [0, 0.1) is 12.8 Å². The Kier molecular flexibility index (Phi) is 2.70. The Morgan fingerprint density at radius 3 is 2.54 bits per heavy atom. The van der Waals surface area contributed by atoms with E-state index in [-0.39, 0.29) is 5.92 Å². The average Bonchev–Trinajstić information content (AvgIpc) is 2.34. The third kappa shape index (κ3) is 2.08. The number of aromatic nitrogens is 2. The van der Waals surface area contributed by atoms with Gasteiger partial charge in [-0.25, -0.2) is 4.98 Å². The lowest BCUT2D eigenvalue weighted by atomic mass is 9.93. The normalized spacial score (nSPS) is 13.2. The van der Waals surface area contributed by atoms with Crippen molar-refractivity contribution in [2.45, 2.75) is 26.7 Å². The zero-order valence-corrected chi connectivity index (χ0v) is 8.03. The number of nitrogens with zero attached hydrogens (tertiary/aromatic N) is 1. The highest BCUT2D eigenvalue weighted by Gasteiger charge is 2.24. The molecule has 1 aromatic rings. The van der Waals surface area contributed by atoms with E-state index in [1.807, 2.05) is 20.8 Å². The third-order valence-electron chi connectivity index (χ3n) is 1.99. The van der Waals surface area contributed by atoms with Gasteiger partial charge in [0.05, 0.1) is 0 Å². The lowest BCUT2D eigenvalue weighted by Crippen LogP contribution is -2.17. The van der Waals surface area contributed by atoms with Gasteiger partial charge < -0.3 is 10.1 Å². The van der Waals surface area contributed by atoms with Crippen molar-refractivity contribution in [3.63, 3.8) is 0 Å². The van der Waals surface area contributed by atoms with Crippen molar-refractivity contribution in [3.8, 4) is 0 Å². The van der Waals surface area contributed by atoms with Crippen LogP contribution in [0.15, 0.2) is 6.20 Å². The van der Waals surface area contributed by atoms with Crippen LogP contribution in [0.5, 0.6) is 0 Å². The highest BCUT2D eigenvalue weighted by atomic mass is 16.4. The second kappa shape index (κ2) is 3.60. The minimum absolute atomic E-state index is 0.0670. The first-order valence-corrected chi connectivity index (χ1v) is 4.26. The predicted molar refractivity (Wildman–Crippen MR) is 48.5 cm³/mol. The number of rotatable bonds is 3. The maximum Gasteiger partial charge on any atom is 0.312 e. The molecule has 4 heteroatoms. The Morgan fingerprint density at radius 1 is 1.62 bits per heavy atom. The van der Waals surface area contributed by atoms with Crippen molar-refractivity contribution in [1.29, 1.82) is 0 Å². The Labute approximate surface area is 77.0 Å². The fraction of sp³-hybridized carbons (Fsp3) is 0.556. The van der Waals surface area contributed by atoms with Gasteiger partial charge in [0, 0.05) is 11.9 Å². The molecule has 1 aromatic heterocycles. The monoisotopic (exact) mass is 182 g/mol. The van der Waals surface area contributed by atoms with Crippen molar-refractivity contribution in [2.75, 3.05) is 0 Å². The number of hydrogen-bond acceptors (Lipinski definition) is 2.